The van der Waals surface area contributed by atoms with Crippen molar-refractivity contribution < 1.29 is 9.53 Å². The molecular formula is C8H12N2O2S. The van der Waals surface area contributed by atoms with E-state index in [0.717, 1.165) is 10.7 Å². The van der Waals surface area contributed by atoms with Gasteiger partial charge in [0.1, 0.15) is 4.88 Å². The number of carbonyl (C=O) groups excluding carboxylic acids is 1. The Kier molecular flexibility index (Phi) is 3.39. The zero-order valence-electron chi connectivity index (χ0n) is 7.66. The Morgan fingerprint density at radius 3 is 2.92 bits per heavy atom. The Morgan fingerprint density at radius 1 is 1.69 bits per heavy atom. The monoisotopic (exact) mass is 200 g/mol. The van der Waals surface area contributed by atoms with Crippen molar-refractivity contribution in [2.24, 2.45) is 5.73 Å². The van der Waals surface area contributed by atoms with E-state index in [1.54, 1.807) is 6.92 Å². The van der Waals surface area contributed by atoms with Crippen LogP contribution in [0.3, 0.4) is 0 Å². The van der Waals surface area contributed by atoms with Crippen LogP contribution in [0.25, 0.3) is 0 Å². The Bertz CT molecular complexity index is 309. The molecule has 0 saturated heterocycles. The summed E-state index contributed by atoms with van der Waals surface area (Å²) in [5, 5.41) is 0.889. The van der Waals surface area contributed by atoms with Crippen LogP contribution in [-0.2, 0) is 11.2 Å². The molecule has 13 heavy (non-hydrogen) atoms. The van der Waals surface area contributed by atoms with Gasteiger partial charge in [-0.1, -0.05) is 0 Å². The van der Waals surface area contributed by atoms with Gasteiger partial charge in [-0.2, -0.15) is 0 Å². The van der Waals surface area contributed by atoms with Crippen LogP contribution >= 0.6 is 11.3 Å². The summed E-state index contributed by atoms with van der Waals surface area (Å²) in [6.45, 7) is 2.34. The molecule has 2 N–H and O–H groups in total. The molecule has 0 amide bonds. The molecule has 1 rings (SSSR count). The number of aromatic nitrogens is 1. The molecule has 72 valence electrons. The van der Waals surface area contributed by atoms with Crippen molar-refractivity contribution in [3.63, 3.8) is 0 Å². The van der Waals surface area contributed by atoms with Crippen LogP contribution < -0.4 is 5.73 Å². The van der Waals surface area contributed by atoms with Crippen molar-refractivity contribution in [3.8, 4) is 0 Å². The van der Waals surface area contributed by atoms with Crippen LogP contribution in [0, 0.1) is 6.92 Å². The first-order valence-corrected chi connectivity index (χ1v) is 4.75. The van der Waals surface area contributed by atoms with Crippen molar-refractivity contribution in [3.05, 3.63) is 15.6 Å². The molecule has 4 nitrogen and oxygen atoms in total. The van der Waals surface area contributed by atoms with Gasteiger partial charge in [-0.3, -0.25) is 0 Å². The molecule has 5 heteroatoms. The fourth-order valence-corrected chi connectivity index (χ4v) is 1.96. The lowest BCUT2D eigenvalue weighted by molar-refractivity contribution is 0.0605. The van der Waals surface area contributed by atoms with Crippen LogP contribution in [0.4, 0.5) is 0 Å². The Labute approximate surface area is 80.7 Å². The van der Waals surface area contributed by atoms with Gasteiger partial charge in [0.05, 0.1) is 17.8 Å². The number of nitrogens with zero attached hydrogens (tertiary/aromatic N) is 1. The maximum Gasteiger partial charge on any atom is 0.349 e. The van der Waals surface area contributed by atoms with E-state index in [2.05, 4.69) is 9.72 Å². The Balaban J connectivity index is 2.89. The van der Waals surface area contributed by atoms with E-state index in [-0.39, 0.29) is 5.97 Å². The van der Waals surface area contributed by atoms with Gasteiger partial charge in [0, 0.05) is 6.42 Å². The van der Waals surface area contributed by atoms with Gasteiger partial charge in [-0.25, -0.2) is 9.78 Å². The van der Waals surface area contributed by atoms with E-state index >= 15 is 0 Å². The number of esters is 1. The number of rotatable bonds is 3. The third kappa shape index (κ3) is 2.26. The summed E-state index contributed by atoms with van der Waals surface area (Å²) in [6, 6.07) is 0. The number of hydrogen-bond donors (Lipinski definition) is 1. The number of methoxy groups -OCH3 is 1. The molecule has 0 bridgehead atoms. The smallest absolute Gasteiger partial charge is 0.349 e. The van der Waals surface area contributed by atoms with Crippen LogP contribution in [-0.4, -0.2) is 24.6 Å². The zero-order chi connectivity index (χ0) is 9.84. The molecule has 1 heterocycles. The Hall–Kier alpha value is -0.940. The summed E-state index contributed by atoms with van der Waals surface area (Å²) in [5.74, 6) is -0.321. The molecule has 0 aliphatic carbocycles. The highest BCUT2D eigenvalue weighted by molar-refractivity contribution is 7.13. The van der Waals surface area contributed by atoms with Crippen molar-refractivity contribution >= 4 is 17.3 Å². The van der Waals surface area contributed by atoms with Crippen molar-refractivity contribution in [1.82, 2.24) is 4.98 Å². The lowest BCUT2D eigenvalue weighted by atomic mass is 10.4. The standard InChI is InChI=1S/C8H12N2O2S/c1-5-7(8(11)12-2)13-6(10-5)3-4-9/h3-4,9H2,1-2H3. The van der Waals surface area contributed by atoms with Gasteiger partial charge >= 0.3 is 5.97 Å². The largest absolute Gasteiger partial charge is 0.465 e. The van der Waals surface area contributed by atoms with E-state index in [1.807, 2.05) is 0 Å². The van der Waals surface area contributed by atoms with Gasteiger partial charge in [-0.15, -0.1) is 11.3 Å². The van der Waals surface area contributed by atoms with Crippen LogP contribution in [0.5, 0.6) is 0 Å². The number of thiazole rings is 1. The first kappa shape index (κ1) is 10.1. The average Bonchev–Trinajstić information content (AvgIpc) is 2.46. The minimum absolute atomic E-state index is 0.321. The zero-order valence-corrected chi connectivity index (χ0v) is 8.48. The normalized spacial score (nSPS) is 10.1. The summed E-state index contributed by atoms with van der Waals surface area (Å²) >= 11 is 1.35. The van der Waals surface area contributed by atoms with Gasteiger partial charge < -0.3 is 10.5 Å². The van der Waals surface area contributed by atoms with E-state index < -0.39 is 0 Å². The second-order valence-corrected chi connectivity index (χ2v) is 3.64. The minimum atomic E-state index is -0.321. The highest BCUT2D eigenvalue weighted by Gasteiger charge is 2.14. The maximum absolute atomic E-state index is 11.2. The summed E-state index contributed by atoms with van der Waals surface area (Å²) in [7, 11) is 1.37. The quantitative estimate of drug-likeness (QED) is 0.731. The summed E-state index contributed by atoms with van der Waals surface area (Å²) in [5.41, 5.74) is 6.10. The average molecular weight is 200 g/mol. The van der Waals surface area contributed by atoms with E-state index in [1.165, 1.54) is 18.4 Å². The highest BCUT2D eigenvalue weighted by Crippen LogP contribution is 2.18. The molecule has 1 aromatic heterocycles. The molecule has 0 atom stereocenters. The lowest BCUT2D eigenvalue weighted by Gasteiger charge is -1.93. The van der Waals surface area contributed by atoms with Crippen LogP contribution in [0.1, 0.15) is 20.4 Å². The molecular weight excluding hydrogens is 188 g/mol. The second-order valence-electron chi connectivity index (χ2n) is 2.55. The third-order valence-corrected chi connectivity index (χ3v) is 2.77. The van der Waals surface area contributed by atoms with Gasteiger partial charge in [-0.05, 0) is 13.5 Å². The van der Waals surface area contributed by atoms with E-state index in [4.69, 9.17) is 5.73 Å². The van der Waals surface area contributed by atoms with Crippen LogP contribution in [0.2, 0.25) is 0 Å². The van der Waals surface area contributed by atoms with Crippen molar-refractivity contribution in [2.45, 2.75) is 13.3 Å². The van der Waals surface area contributed by atoms with Crippen molar-refractivity contribution in [1.29, 1.82) is 0 Å². The number of ether oxygens (including phenoxy) is 1. The van der Waals surface area contributed by atoms with E-state index in [9.17, 15) is 4.79 Å². The first-order valence-electron chi connectivity index (χ1n) is 3.93. The van der Waals surface area contributed by atoms with Gasteiger partial charge in [0.15, 0.2) is 0 Å². The second kappa shape index (κ2) is 4.34. The first-order chi connectivity index (χ1) is 6.19. The van der Waals surface area contributed by atoms with Crippen molar-refractivity contribution in [2.75, 3.05) is 13.7 Å². The molecule has 0 spiro atoms. The molecule has 0 saturated carbocycles. The fourth-order valence-electron chi connectivity index (χ4n) is 0.965. The molecule has 1 aromatic rings. The van der Waals surface area contributed by atoms with Gasteiger partial charge in [0.2, 0.25) is 0 Å². The minimum Gasteiger partial charge on any atom is -0.465 e. The van der Waals surface area contributed by atoms with Crippen LogP contribution in [0.15, 0.2) is 0 Å². The third-order valence-electron chi connectivity index (χ3n) is 1.57. The molecule has 0 aromatic carbocycles. The number of nitrogens with two attached hydrogens (primary N) is 1. The lowest BCUT2D eigenvalue weighted by Crippen LogP contribution is -2.01. The SMILES string of the molecule is COC(=O)c1sc(CCN)nc1C. The predicted octanol–water partition coefficient (Wildman–Crippen LogP) is 0.739. The number of hydrogen-bond acceptors (Lipinski definition) is 5. The highest BCUT2D eigenvalue weighted by atomic mass is 32.1. The maximum atomic E-state index is 11.2. The summed E-state index contributed by atoms with van der Waals surface area (Å²) in [6.07, 6.45) is 0.711. The van der Waals surface area contributed by atoms with E-state index in [0.29, 0.717) is 17.8 Å². The summed E-state index contributed by atoms with van der Waals surface area (Å²) < 4.78 is 4.61. The molecule has 0 aliphatic rings. The molecule has 0 unspecified atom stereocenters. The number of aryl methyl sites for hydroxylation is 1. The fraction of sp³-hybridized carbons (Fsp3) is 0.500. The Morgan fingerprint density at radius 2 is 2.38 bits per heavy atom. The predicted molar refractivity (Wildman–Crippen MR) is 50.9 cm³/mol. The topological polar surface area (TPSA) is 65.2 Å². The summed E-state index contributed by atoms with van der Waals surface area (Å²) in [4.78, 5) is 16.0. The molecule has 0 fully saturated rings. The van der Waals surface area contributed by atoms with Gasteiger partial charge in [0.25, 0.3) is 0 Å². The molecule has 0 radical (unpaired) electrons. The molecule has 0 aliphatic heterocycles. The number of carbonyl (C=O) groups is 1.